The molecule has 1 aliphatic rings. The molecule has 2 aromatic carbocycles. The molecule has 1 amide bonds. The van der Waals surface area contributed by atoms with E-state index in [1.807, 2.05) is 18.2 Å². The highest BCUT2D eigenvalue weighted by molar-refractivity contribution is 5.95. The van der Waals surface area contributed by atoms with Crippen LogP contribution in [0, 0.1) is 0 Å². The van der Waals surface area contributed by atoms with Gasteiger partial charge in [0.1, 0.15) is 5.75 Å². The molecule has 7 nitrogen and oxygen atoms in total. The minimum atomic E-state index is -0.332. The second-order valence-electron chi connectivity index (χ2n) is 6.68. The van der Waals surface area contributed by atoms with Crippen molar-refractivity contribution in [2.24, 2.45) is 7.05 Å². The Balaban J connectivity index is 1.62. The van der Waals surface area contributed by atoms with Gasteiger partial charge in [0.2, 0.25) is 0 Å². The van der Waals surface area contributed by atoms with Gasteiger partial charge in [0, 0.05) is 24.3 Å². The number of hydrogen-bond donors (Lipinski definition) is 2. The molecular weight excluding hydrogens is 356 g/mol. The molecule has 1 saturated carbocycles. The Kier molecular flexibility index (Phi) is 4.80. The van der Waals surface area contributed by atoms with Gasteiger partial charge in [-0.1, -0.05) is 24.3 Å². The van der Waals surface area contributed by atoms with Gasteiger partial charge in [-0.2, -0.15) is 5.10 Å². The van der Waals surface area contributed by atoms with Gasteiger partial charge in [0.15, 0.2) is 11.4 Å². The third-order valence-electron chi connectivity index (χ3n) is 4.38. The first-order chi connectivity index (χ1) is 13.6. The Bertz CT molecular complexity index is 1060. The monoisotopic (exact) mass is 376 g/mol. The maximum atomic E-state index is 12.6. The van der Waals surface area contributed by atoms with Crippen LogP contribution in [0.3, 0.4) is 0 Å². The number of amides is 1. The van der Waals surface area contributed by atoms with Gasteiger partial charge in [0.05, 0.1) is 6.20 Å². The zero-order valence-corrected chi connectivity index (χ0v) is 15.4. The molecule has 2 N–H and O–H groups in total. The summed E-state index contributed by atoms with van der Waals surface area (Å²) in [6, 6.07) is 16.5. The van der Waals surface area contributed by atoms with E-state index >= 15 is 0 Å². The molecule has 0 saturated heterocycles. The molecule has 1 aliphatic carbocycles. The number of rotatable bonds is 6. The molecule has 0 atom stereocenters. The van der Waals surface area contributed by atoms with E-state index in [-0.39, 0.29) is 23.2 Å². The number of aryl methyl sites for hydroxylation is 1. The van der Waals surface area contributed by atoms with Crippen molar-refractivity contribution in [2.45, 2.75) is 18.9 Å². The molecule has 1 fully saturated rings. The van der Waals surface area contributed by atoms with Crippen LogP contribution < -0.4 is 20.9 Å². The number of hydrogen-bond acceptors (Lipinski definition) is 5. The van der Waals surface area contributed by atoms with Gasteiger partial charge in [-0.05, 0) is 43.2 Å². The van der Waals surface area contributed by atoms with Crippen molar-refractivity contribution in [3.8, 4) is 11.5 Å². The lowest BCUT2D eigenvalue weighted by atomic mass is 10.2. The highest BCUT2D eigenvalue weighted by Crippen LogP contribution is 2.28. The third kappa shape index (κ3) is 4.03. The van der Waals surface area contributed by atoms with E-state index in [1.54, 1.807) is 43.4 Å². The molecule has 0 aliphatic heterocycles. The fourth-order valence-corrected chi connectivity index (χ4v) is 2.71. The number of ether oxygens (including phenoxy) is 1. The highest BCUT2D eigenvalue weighted by Gasteiger charge is 2.24. The van der Waals surface area contributed by atoms with Gasteiger partial charge in [-0.15, -0.1) is 0 Å². The Morgan fingerprint density at radius 1 is 1.14 bits per heavy atom. The molecule has 0 spiro atoms. The molecular formula is C21H20N4O3. The molecule has 3 aromatic rings. The summed E-state index contributed by atoms with van der Waals surface area (Å²) in [5.74, 6) is 0.787. The number of anilines is 2. The number of benzene rings is 2. The van der Waals surface area contributed by atoms with Crippen molar-refractivity contribution < 1.29 is 9.53 Å². The quantitative estimate of drug-likeness (QED) is 0.690. The van der Waals surface area contributed by atoms with Crippen molar-refractivity contribution in [1.82, 2.24) is 15.1 Å². The van der Waals surface area contributed by atoms with Gasteiger partial charge in [-0.25, -0.2) is 4.68 Å². The van der Waals surface area contributed by atoms with E-state index in [0.717, 1.165) is 12.8 Å². The van der Waals surface area contributed by atoms with Crippen LogP contribution in [0.5, 0.6) is 11.5 Å². The van der Waals surface area contributed by atoms with Crippen LogP contribution in [0.1, 0.15) is 23.2 Å². The maximum Gasteiger partial charge on any atom is 0.294 e. The number of nitrogens with zero attached hydrogens (tertiary/aromatic N) is 2. The molecule has 7 heteroatoms. The Labute approximate surface area is 162 Å². The number of nitrogens with one attached hydrogen (secondary N) is 2. The maximum absolute atomic E-state index is 12.6. The van der Waals surface area contributed by atoms with Crippen molar-refractivity contribution in [3.63, 3.8) is 0 Å². The lowest BCUT2D eigenvalue weighted by Gasteiger charge is -2.13. The molecule has 4 rings (SSSR count). The Morgan fingerprint density at radius 2 is 1.93 bits per heavy atom. The molecule has 0 bridgehead atoms. The molecule has 28 heavy (non-hydrogen) atoms. The van der Waals surface area contributed by atoms with E-state index in [4.69, 9.17) is 4.74 Å². The van der Waals surface area contributed by atoms with Crippen LogP contribution in [0.2, 0.25) is 0 Å². The second-order valence-corrected chi connectivity index (χ2v) is 6.68. The van der Waals surface area contributed by atoms with Gasteiger partial charge in [0.25, 0.3) is 11.5 Å². The summed E-state index contributed by atoms with van der Waals surface area (Å²) >= 11 is 0. The fourth-order valence-electron chi connectivity index (χ4n) is 2.71. The lowest BCUT2D eigenvalue weighted by Crippen LogP contribution is -2.25. The van der Waals surface area contributed by atoms with E-state index in [9.17, 15) is 9.59 Å². The van der Waals surface area contributed by atoms with E-state index < -0.39 is 0 Å². The first-order valence-corrected chi connectivity index (χ1v) is 9.07. The van der Waals surface area contributed by atoms with Crippen LogP contribution >= 0.6 is 0 Å². The lowest BCUT2D eigenvalue weighted by molar-refractivity contribution is 0.0951. The van der Waals surface area contributed by atoms with Crippen LogP contribution in [-0.2, 0) is 7.05 Å². The van der Waals surface area contributed by atoms with Crippen molar-refractivity contribution in [3.05, 3.63) is 76.7 Å². The zero-order chi connectivity index (χ0) is 19.5. The summed E-state index contributed by atoms with van der Waals surface area (Å²) in [6.45, 7) is 0. The average Bonchev–Trinajstić information content (AvgIpc) is 3.52. The average molecular weight is 376 g/mol. The van der Waals surface area contributed by atoms with Crippen molar-refractivity contribution in [1.29, 1.82) is 0 Å². The third-order valence-corrected chi connectivity index (χ3v) is 4.38. The number of aromatic nitrogens is 2. The predicted molar refractivity (Wildman–Crippen MR) is 106 cm³/mol. The largest absolute Gasteiger partial charge is 0.453 e. The van der Waals surface area contributed by atoms with E-state index in [0.29, 0.717) is 22.7 Å². The van der Waals surface area contributed by atoms with Crippen LogP contribution in [0.25, 0.3) is 0 Å². The predicted octanol–water partition coefficient (Wildman–Crippen LogP) is 3.21. The van der Waals surface area contributed by atoms with Crippen molar-refractivity contribution >= 4 is 17.3 Å². The van der Waals surface area contributed by atoms with Crippen LogP contribution in [0.15, 0.2) is 65.6 Å². The topological polar surface area (TPSA) is 85.2 Å². The number of carbonyl (C=O) groups excluding carboxylic acids is 1. The number of para-hydroxylation sites is 1. The first-order valence-electron chi connectivity index (χ1n) is 9.07. The van der Waals surface area contributed by atoms with E-state index in [2.05, 4.69) is 15.7 Å². The summed E-state index contributed by atoms with van der Waals surface area (Å²) < 4.78 is 7.06. The standard InChI is InChI=1S/C21H20N4O3/c1-25-21(27)19(18(13-22-25)28-17-8-3-2-4-9-17)23-16-7-5-6-14(12-16)20(26)24-15-10-11-15/h2-9,12-13,15,23H,10-11H2,1H3,(H,24,26). The normalized spacial score (nSPS) is 13.0. The van der Waals surface area contributed by atoms with Gasteiger partial charge >= 0.3 is 0 Å². The Hall–Kier alpha value is -3.61. The molecule has 142 valence electrons. The van der Waals surface area contributed by atoms with Crippen LogP contribution in [-0.4, -0.2) is 21.7 Å². The van der Waals surface area contributed by atoms with E-state index in [1.165, 1.54) is 10.9 Å². The summed E-state index contributed by atoms with van der Waals surface area (Å²) in [6.07, 6.45) is 3.54. The second kappa shape index (κ2) is 7.56. The molecule has 0 unspecified atom stereocenters. The van der Waals surface area contributed by atoms with Gasteiger partial charge in [-0.3, -0.25) is 9.59 Å². The SMILES string of the molecule is Cn1ncc(Oc2ccccc2)c(Nc2cccc(C(=O)NC3CC3)c2)c1=O. The minimum Gasteiger partial charge on any atom is -0.453 e. The van der Waals surface area contributed by atoms with Crippen molar-refractivity contribution in [2.75, 3.05) is 5.32 Å². The van der Waals surface area contributed by atoms with Gasteiger partial charge < -0.3 is 15.4 Å². The fraction of sp³-hybridized carbons (Fsp3) is 0.190. The minimum absolute atomic E-state index is 0.116. The summed E-state index contributed by atoms with van der Waals surface area (Å²) in [4.78, 5) is 24.9. The molecule has 1 aromatic heterocycles. The van der Waals surface area contributed by atoms with Crippen LogP contribution in [0.4, 0.5) is 11.4 Å². The summed E-state index contributed by atoms with van der Waals surface area (Å²) in [5, 5.41) is 10.1. The first kappa shape index (κ1) is 17.8. The highest BCUT2D eigenvalue weighted by atomic mass is 16.5. The smallest absolute Gasteiger partial charge is 0.294 e. The summed E-state index contributed by atoms with van der Waals surface area (Å²) in [5.41, 5.74) is 1.07. The Morgan fingerprint density at radius 3 is 2.68 bits per heavy atom. The zero-order valence-electron chi connectivity index (χ0n) is 15.4. The summed E-state index contributed by atoms with van der Waals surface area (Å²) in [7, 11) is 1.57. The molecule has 1 heterocycles. The molecule has 0 radical (unpaired) electrons. The number of carbonyl (C=O) groups is 1.